The molecule has 2 heterocycles. The lowest BCUT2D eigenvalue weighted by atomic mass is 10.0. The summed E-state index contributed by atoms with van der Waals surface area (Å²) in [4.78, 5) is 8.38. The molecule has 0 spiro atoms. The van der Waals surface area contributed by atoms with Crippen LogP contribution in [0.15, 0.2) is 36.8 Å². The average molecular weight is 258 g/mol. The molecule has 0 bridgehead atoms. The number of pyridine rings is 2. The predicted molar refractivity (Wildman–Crippen MR) is 73.5 cm³/mol. The van der Waals surface area contributed by atoms with Gasteiger partial charge in [-0.2, -0.15) is 0 Å². The van der Waals surface area contributed by atoms with Crippen molar-refractivity contribution < 1.29 is 4.74 Å². The van der Waals surface area contributed by atoms with Gasteiger partial charge in [0, 0.05) is 24.7 Å². The molecule has 0 saturated carbocycles. The zero-order chi connectivity index (χ0) is 13.7. The molecule has 100 valence electrons. The Labute approximate surface area is 112 Å². The maximum atomic E-state index is 5.64. The van der Waals surface area contributed by atoms with Gasteiger partial charge < -0.3 is 4.74 Å². The normalized spacial score (nSPS) is 12.2. The van der Waals surface area contributed by atoms with Gasteiger partial charge in [-0.1, -0.05) is 12.1 Å². The molecule has 0 amide bonds. The molecule has 0 aromatic carbocycles. The topological polar surface area (TPSA) is 73.1 Å². The first kappa shape index (κ1) is 13.5. The molecule has 1 atom stereocenters. The predicted octanol–water partition coefficient (Wildman–Crippen LogP) is 1.54. The third kappa shape index (κ3) is 3.49. The van der Waals surface area contributed by atoms with Gasteiger partial charge >= 0.3 is 0 Å². The number of aryl methyl sites for hydroxylation is 1. The number of hydrogen-bond donors (Lipinski definition) is 2. The van der Waals surface area contributed by atoms with Crippen LogP contribution < -0.4 is 16.0 Å². The second-order valence-electron chi connectivity index (χ2n) is 4.43. The van der Waals surface area contributed by atoms with Gasteiger partial charge in [0.1, 0.15) is 0 Å². The van der Waals surface area contributed by atoms with Crippen LogP contribution in [-0.4, -0.2) is 17.1 Å². The lowest BCUT2D eigenvalue weighted by Gasteiger charge is -2.16. The smallest absolute Gasteiger partial charge is 0.212 e. The lowest BCUT2D eigenvalue weighted by Crippen LogP contribution is -2.29. The van der Waals surface area contributed by atoms with Crippen molar-refractivity contribution >= 4 is 0 Å². The second kappa shape index (κ2) is 6.26. The van der Waals surface area contributed by atoms with Crippen LogP contribution in [0.3, 0.4) is 0 Å². The van der Waals surface area contributed by atoms with E-state index in [2.05, 4.69) is 21.5 Å². The Balaban J connectivity index is 2.14. The third-order valence-corrected chi connectivity index (χ3v) is 2.95. The van der Waals surface area contributed by atoms with Crippen LogP contribution in [0.1, 0.15) is 22.7 Å². The SMILES string of the molecule is COc1ccc(CC(NN)c2cncc(C)c2)cn1. The quantitative estimate of drug-likeness (QED) is 0.628. The average Bonchev–Trinajstić information content (AvgIpc) is 2.45. The summed E-state index contributed by atoms with van der Waals surface area (Å²) in [5.74, 6) is 6.25. The minimum atomic E-state index is 0.0163. The number of hydrogen-bond acceptors (Lipinski definition) is 5. The Morgan fingerprint density at radius 3 is 2.74 bits per heavy atom. The van der Waals surface area contributed by atoms with Crippen LogP contribution in [0.25, 0.3) is 0 Å². The van der Waals surface area contributed by atoms with Crippen molar-refractivity contribution in [2.75, 3.05) is 7.11 Å². The Bertz CT molecular complexity index is 527. The van der Waals surface area contributed by atoms with Crippen LogP contribution in [-0.2, 0) is 6.42 Å². The largest absolute Gasteiger partial charge is 0.481 e. The van der Waals surface area contributed by atoms with Crippen molar-refractivity contribution in [2.24, 2.45) is 5.84 Å². The molecule has 5 nitrogen and oxygen atoms in total. The van der Waals surface area contributed by atoms with E-state index >= 15 is 0 Å². The molecule has 19 heavy (non-hydrogen) atoms. The molecule has 3 N–H and O–H groups in total. The van der Waals surface area contributed by atoms with E-state index in [1.807, 2.05) is 31.5 Å². The molecule has 0 radical (unpaired) electrons. The van der Waals surface area contributed by atoms with Crippen molar-refractivity contribution in [1.29, 1.82) is 0 Å². The molecule has 0 aliphatic carbocycles. The van der Waals surface area contributed by atoms with E-state index in [1.165, 1.54) is 0 Å². The van der Waals surface area contributed by atoms with Crippen molar-refractivity contribution in [2.45, 2.75) is 19.4 Å². The number of nitrogens with zero attached hydrogens (tertiary/aromatic N) is 2. The maximum Gasteiger partial charge on any atom is 0.212 e. The van der Waals surface area contributed by atoms with E-state index in [0.29, 0.717) is 5.88 Å². The van der Waals surface area contributed by atoms with E-state index in [0.717, 1.165) is 23.1 Å². The molecule has 0 aliphatic heterocycles. The standard InChI is InChI=1S/C14H18N4O/c1-10-5-12(9-16-7-10)13(18-15)6-11-3-4-14(19-2)17-8-11/h3-5,7-9,13,18H,6,15H2,1-2H3. The number of methoxy groups -OCH3 is 1. The fourth-order valence-corrected chi connectivity index (χ4v) is 1.93. The fourth-order valence-electron chi connectivity index (χ4n) is 1.93. The summed E-state index contributed by atoms with van der Waals surface area (Å²) in [6.07, 6.45) is 6.20. The highest BCUT2D eigenvalue weighted by atomic mass is 16.5. The number of rotatable bonds is 5. The summed E-state index contributed by atoms with van der Waals surface area (Å²) >= 11 is 0. The number of ether oxygens (including phenoxy) is 1. The monoisotopic (exact) mass is 258 g/mol. The maximum absolute atomic E-state index is 5.64. The zero-order valence-corrected chi connectivity index (χ0v) is 11.1. The molecule has 0 saturated heterocycles. The van der Waals surface area contributed by atoms with Gasteiger partial charge in [0.15, 0.2) is 0 Å². The molecule has 0 fully saturated rings. The summed E-state index contributed by atoms with van der Waals surface area (Å²) in [7, 11) is 1.60. The summed E-state index contributed by atoms with van der Waals surface area (Å²) in [5, 5.41) is 0. The number of hydrazine groups is 1. The first-order valence-corrected chi connectivity index (χ1v) is 6.09. The molecular weight excluding hydrogens is 240 g/mol. The summed E-state index contributed by atoms with van der Waals surface area (Å²) < 4.78 is 5.04. The van der Waals surface area contributed by atoms with E-state index in [4.69, 9.17) is 10.6 Å². The van der Waals surface area contributed by atoms with Crippen molar-refractivity contribution in [3.05, 3.63) is 53.5 Å². The van der Waals surface area contributed by atoms with Crippen LogP contribution >= 0.6 is 0 Å². The summed E-state index contributed by atoms with van der Waals surface area (Å²) in [5.41, 5.74) is 6.10. The molecule has 0 aliphatic rings. The van der Waals surface area contributed by atoms with Crippen molar-refractivity contribution in [3.63, 3.8) is 0 Å². The van der Waals surface area contributed by atoms with E-state index < -0.39 is 0 Å². The third-order valence-electron chi connectivity index (χ3n) is 2.95. The van der Waals surface area contributed by atoms with Gasteiger partial charge in [-0.05, 0) is 30.0 Å². The molecule has 2 rings (SSSR count). The van der Waals surface area contributed by atoms with Gasteiger partial charge in [-0.15, -0.1) is 0 Å². The van der Waals surface area contributed by atoms with Gasteiger partial charge in [0.2, 0.25) is 5.88 Å². The van der Waals surface area contributed by atoms with Crippen LogP contribution in [0.4, 0.5) is 0 Å². The zero-order valence-electron chi connectivity index (χ0n) is 11.1. The first-order chi connectivity index (χ1) is 9.22. The minimum Gasteiger partial charge on any atom is -0.481 e. The van der Waals surface area contributed by atoms with Crippen LogP contribution in [0.2, 0.25) is 0 Å². The fraction of sp³-hybridized carbons (Fsp3) is 0.286. The van der Waals surface area contributed by atoms with E-state index in [9.17, 15) is 0 Å². The Kier molecular flexibility index (Phi) is 4.43. The van der Waals surface area contributed by atoms with Gasteiger partial charge in [0.25, 0.3) is 0 Å². The second-order valence-corrected chi connectivity index (χ2v) is 4.43. The van der Waals surface area contributed by atoms with Crippen molar-refractivity contribution in [1.82, 2.24) is 15.4 Å². The summed E-state index contributed by atoms with van der Waals surface area (Å²) in [6.45, 7) is 2.01. The Morgan fingerprint density at radius 2 is 2.16 bits per heavy atom. The molecule has 2 aromatic heterocycles. The molecule has 2 aromatic rings. The number of nitrogens with one attached hydrogen (secondary N) is 1. The number of aromatic nitrogens is 2. The Hall–Kier alpha value is -1.98. The van der Waals surface area contributed by atoms with Gasteiger partial charge in [0.05, 0.1) is 13.2 Å². The van der Waals surface area contributed by atoms with Gasteiger partial charge in [-0.25, -0.2) is 4.98 Å². The van der Waals surface area contributed by atoms with E-state index in [1.54, 1.807) is 13.3 Å². The highest BCUT2D eigenvalue weighted by Crippen LogP contribution is 2.18. The van der Waals surface area contributed by atoms with Crippen LogP contribution in [0, 0.1) is 6.92 Å². The molecule has 5 heteroatoms. The van der Waals surface area contributed by atoms with E-state index in [-0.39, 0.29) is 6.04 Å². The van der Waals surface area contributed by atoms with Gasteiger partial charge in [-0.3, -0.25) is 16.3 Å². The Morgan fingerprint density at radius 1 is 1.32 bits per heavy atom. The summed E-state index contributed by atoms with van der Waals surface area (Å²) in [6, 6.07) is 5.92. The first-order valence-electron chi connectivity index (χ1n) is 6.09. The number of nitrogens with two attached hydrogens (primary N) is 1. The molecule has 1 unspecified atom stereocenters. The minimum absolute atomic E-state index is 0.0163. The van der Waals surface area contributed by atoms with Crippen molar-refractivity contribution in [3.8, 4) is 5.88 Å². The highest BCUT2D eigenvalue weighted by molar-refractivity contribution is 5.24. The van der Waals surface area contributed by atoms with Crippen LogP contribution in [0.5, 0.6) is 5.88 Å². The molecular formula is C14H18N4O. The highest BCUT2D eigenvalue weighted by Gasteiger charge is 2.11. The lowest BCUT2D eigenvalue weighted by molar-refractivity contribution is 0.397.